The van der Waals surface area contributed by atoms with Gasteiger partial charge < -0.3 is 0 Å². The van der Waals surface area contributed by atoms with Crippen LogP contribution in [0.5, 0.6) is 0 Å². The third kappa shape index (κ3) is 1.02. The van der Waals surface area contributed by atoms with Gasteiger partial charge in [0.2, 0.25) is 0 Å². The maximum Gasteiger partial charge on any atom is 0.155 e. The summed E-state index contributed by atoms with van der Waals surface area (Å²) in [6.45, 7) is 4.44. The molecule has 1 heteroatoms. The molecule has 0 aromatic rings. The Hall–Kier alpha value is -0.330. The lowest BCUT2D eigenvalue weighted by Crippen LogP contribution is -2.79. The van der Waals surface area contributed by atoms with E-state index in [0.717, 1.165) is 0 Å². The Bertz CT molecular complexity index is 92.4. The largest absolute Gasteiger partial charge is 0.247 e. The van der Waals surface area contributed by atoms with Crippen LogP contribution in [0.15, 0.2) is 0 Å². The maximum atomic E-state index is 3.27. The predicted molar refractivity (Wildman–Crippen MR) is 30.3 cm³/mol. The highest BCUT2D eigenvalue weighted by atomic mass is 14.8. The zero-order valence-electron chi connectivity index (χ0n) is 4.99. The minimum absolute atomic E-state index is 0.389. The van der Waals surface area contributed by atoms with Crippen molar-refractivity contribution in [2.75, 3.05) is 0 Å². The lowest BCUT2D eigenvalue weighted by Gasteiger charge is -2.03. The van der Waals surface area contributed by atoms with Crippen molar-refractivity contribution >= 4 is 6.21 Å². The standard InChI is InChI=1S/C6H11N/c1-6(2)4-3-5-7-6/h5H,3-4H2,1-2H3/p+1. The Morgan fingerprint density at radius 2 is 2.29 bits per heavy atom. The van der Waals surface area contributed by atoms with E-state index in [0.29, 0.717) is 5.54 Å². The van der Waals surface area contributed by atoms with E-state index in [1.807, 2.05) is 0 Å². The number of hydrogen-bond donors (Lipinski definition) is 1. The van der Waals surface area contributed by atoms with E-state index in [-0.39, 0.29) is 0 Å². The molecule has 0 radical (unpaired) electrons. The molecule has 0 aromatic carbocycles. The van der Waals surface area contributed by atoms with Gasteiger partial charge >= 0.3 is 0 Å². The van der Waals surface area contributed by atoms with Crippen molar-refractivity contribution in [3.05, 3.63) is 0 Å². The second kappa shape index (κ2) is 1.32. The van der Waals surface area contributed by atoms with Crippen molar-refractivity contribution in [2.45, 2.75) is 32.2 Å². The molecule has 0 saturated carbocycles. The smallest absolute Gasteiger partial charge is 0.155 e. The summed E-state index contributed by atoms with van der Waals surface area (Å²) in [7, 11) is 0. The van der Waals surface area contributed by atoms with Gasteiger partial charge in [-0.25, -0.2) is 4.99 Å². The first-order valence-corrected chi connectivity index (χ1v) is 2.80. The van der Waals surface area contributed by atoms with Crippen molar-refractivity contribution in [2.24, 2.45) is 0 Å². The molecular weight excluding hydrogens is 86.1 g/mol. The van der Waals surface area contributed by atoms with Gasteiger partial charge in [0.25, 0.3) is 0 Å². The molecule has 0 saturated heterocycles. The summed E-state index contributed by atoms with van der Waals surface area (Å²) in [4.78, 5) is 3.27. The van der Waals surface area contributed by atoms with Crippen LogP contribution in [0.3, 0.4) is 0 Å². The highest BCUT2D eigenvalue weighted by Crippen LogP contribution is 2.05. The van der Waals surface area contributed by atoms with E-state index in [2.05, 4.69) is 25.1 Å². The fraction of sp³-hybridized carbons (Fsp3) is 0.833. The minimum atomic E-state index is 0.389. The summed E-state index contributed by atoms with van der Waals surface area (Å²) >= 11 is 0. The third-order valence-electron chi connectivity index (χ3n) is 1.41. The molecular formula is C6H12N+. The van der Waals surface area contributed by atoms with Crippen LogP contribution in [0.25, 0.3) is 0 Å². The molecule has 1 rings (SSSR count). The van der Waals surface area contributed by atoms with Crippen molar-refractivity contribution in [1.29, 1.82) is 0 Å². The molecule has 0 aliphatic carbocycles. The summed E-state index contributed by atoms with van der Waals surface area (Å²) in [6, 6.07) is 0. The Morgan fingerprint density at radius 1 is 1.57 bits per heavy atom. The van der Waals surface area contributed by atoms with Gasteiger partial charge in [-0.2, -0.15) is 0 Å². The molecule has 0 bridgehead atoms. The summed E-state index contributed by atoms with van der Waals surface area (Å²) in [5.74, 6) is 0. The Morgan fingerprint density at radius 3 is 2.43 bits per heavy atom. The molecule has 0 atom stereocenters. The van der Waals surface area contributed by atoms with Gasteiger partial charge in [0.15, 0.2) is 5.54 Å². The molecule has 0 fully saturated rings. The molecule has 0 aromatic heterocycles. The topological polar surface area (TPSA) is 14.0 Å². The molecule has 0 spiro atoms. The maximum absolute atomic E-state index is 3.27. The second-order valence-corrected chi connectivity index (χ2v) is 2.77. The molecule has 40 valence electrons. The molecule has 1 aliphatic heterocycles. The van der Waals surface area contributed by atoms with Gasteiger partial charge in [-0.3, -0.25) is 0 Å². The van der Waals surface area contributed by atoms with Crippen molar-refractivity contribution < 1.29 is 4.99 Å². The monoisotopic (exact) mass is 98.1 g/mol. The molecule has 7 heavy (non-hydrogen) atoms. The van der Waals surface area contributed by atoms with Gasteiger partial charge in [-0.05, 0) is 13.8 Å². The molecule has 0 amide bonds. The van der Waals surface area contributed by atoms with Crippen molar-refractivity contribution in [3.63, 3.8) is 0 Å². The molecule has 1 heterocycles. The summed E-state index contributed by atoms with van der Waals surface area (Å²) < 4.78 is 0. The van der Waals surface area contributed by atoms with E-state index < -0.39 is 0 Å². The zero-order chi connectivity index (χ0) is 5.33. The lowest BCUT2D eigenvalue weighted by atomic mass is 10.0. The second-order valence-electron chi connectivity index (χ2n) is 2.77. The van der Waals surface area contributed by atoms with E-state index >= 15 is 0 Å². The normalized spacial score (nSPS) is 26.0. The predicted octanol–water partition coefficient (Wildman–Crippen LogP) is -0.290. The minimum Gasteiger partial charge on any atom is -0.247 e. The number of rotatable bonds is 0. The first-order chi connectivity index (χ1) is 3.21. The Labute approximate surface area is 44.5 Å². The van der Waals surface area contributed by atoms with Gasteiger partial charge in [0.1, 0.15) is 6.21 Å². The Balaban J connectivity index is 2.57. The van der Waals surface area contributed by atoms with Crippen LogP contribution in [0.2, 0.25) is 0 Å². The highest BCUT2D eigenvalue weighted by Gasteiger charge is 2.24. The van der Waals surface area contributed by atoms with Crippen LogP contribution in [0.1, 0.15) is 26.7 Å². The fourth-order valence-corrected chi connectivity index (χ4v) is 0.854. The first kappa shape index (κ1) is 4.82. The highest BCUT2D eigenvalue weighted by molar-refractivity contribution is 5.51. The fourth-order valence-electron chi connectivity index (χ4n) is 0.854. The van der Waals surface area contributed by atoms with Crippen LogP contribution in [-0.4, -0.2) is 11.8 Å². The zero-order valence-corrected chi connectivity index (χ0v) is 4.99. The van der Waals surface area contributed by atoms with Crippen LogP contribution < -0.4 is 4.99 Å². The van der Waals surface area contributed by atoms with E-state index in [1.54, 1.807) is 0 Å². The lowest BCUT2D eigenvalue weighted by molar-refractivity contribution is -0.530. The molecule has 1 N–H and O–H groups in total. The van der Waals surface area contributed by atoms with Gasteiger partial charge in [-0.1, -0.05) is 0 Å². The van der Waals surface area contributed by atoms with E-state index in [1.165, 1.54) is 12.8 Å². The van der Waals surface area contributed by atoms with Gasteiger partial charge in [0, 0.05) is 12.8 Å². The third-order valence-corrected chi connectivity index (χ3v) is 1.41. The van der Waals surface area contributed by atoms with Crippen LogP contribution in [0, 0.1) is 0 Å². The number of hydrogen-bond acceptors (Lipinski definition) is 0. The molecule has 1 aliphatic rings. The van der Waals surface area contributed by atoms with E-state index in [9.17, 15) is 0 Å². The summed E-state index contributed by atoms with van der Waals surface area (Å²) in [5, 5.41) is 0. The van der Waals surface area contributed by atoms with Crippen LogP contribution in [0.4, 0.5) is 0 Å². The van der Waals surface area contributed by atoms with E-state index in [4.69, 9.17) is 0 Å². The number of nitrogens with one attached hydrogen (secondary N) is 1. The summed E-state index contributed by atoms with van der Waals surface area (Å²) in [6.07, 6.45) is 4.65. The van der Waals surface area contributed by atoms with Crippen molar-refractivity contribution in [3.8, 4) is 0 Å². The average Bonchev–Trinajstić information content (AvgIpc) is 1.84. The molecule has 1 nitrogen and oxygen atoms in total. The Kier molecular flexibility index (Phi) is 0.911. The van der Waals surface area contributed by atoms with Gasteiger partial charge in [0.05, 0.1) is 0 Å². The van der Waals surface area contributed by atoms with Crippen molar-refractivity contribution in [1.82, 2.24) is 0 Å². The van der Waals surface area contributed by atoms with Crippen LogP contribution in [-0.2, 0) is 0 Å². The SMILES string of the molecule is CC1(C)CCC=[NH+]1. The molecule has 0 unspecified atom stereocenters. The quantitative estimate of drug-likeness (QED) is 0.428. The van der Waals surface area contributed by atoms with Gasteiger partial charge in [-0.15, -0.1) is 0 Å². The van der Waals surface area contributed by atoms with Crippen LogP contribution >= 0.6 is 0 Å². The first-order valence-electron chi connectivity index (χ1n) is 2.80. The average molecular weight is 98.2 g/mol. The summed E-state index contributed by atoms with van der Waals surface area (Å²) in [5.41, 5.74) is 0.389.